The molecule has 6 heteroatoms. The molecule has 0 saturated carbocycles. The van der Waals surface area contributed by atoms with Crippen molar-refractivity contribution >= 4 is 15.7 Å². The van der Waals surface area contributed by atoms with Crippen LogP contribution in [0.4, 0.5) is 0 Å². The molecule has 0 fully saturated rings. The first-order chi connectivity index (χ1) is 11.8. The van der Waals surface area contributed by atoms with Crippen molar-refractivity contribution in [2.75, 3.05) is 12.3 Å². The minimum Gasteiger partial charge on any atom is -0.384 e. The molecule has 0 spiro atoms. The fraction of sp³-hybridized carbons (Fsp3) is 0.316. The van der Waals surface area contributed by atoms with Crippen LogP contribution in [0.5, 0.6) is 0 Å². The second-order valence-electron chi connectivity index (χ2n) is 6.31. The van der Waals surface area contributed by atoms with E-state index in [0.29, 0.717) is 12.1 Å². The summed E-state index contributed by atoms with van der Waals surface area (Å²) in [6.45, 7) is 5.31. The molecular formula is C19H25N3O2S. The predicted molar refractivity (Wildman–Crippen MR) is 101 cm³/mol. The average molecular weight is 359 g/mol. The van der Waals surface area contributed by atoms with Crippen LogP contribution in [-0.4, -0.2) is 37.5 Å². The second-order valence-corrected chi connectivity index (χ2v) is 8.42. The monoisotopic (exact) mass is 359 g/mol. The maximum Gasteiger partial charge on any atom is 0.179 e. The number of nitrogens with two attached hydrogens (primary N) is 1. The molecule has 0 heterocycles. The molecule has 0 aromatic heterocycles. The lowest BCUT2D eigenvalue weighted by molar-refractivity contribution is 0.226. The first kappa shape index (κ1) is 19.1. The molecule has 2 aromatic carbocycles. The Morgan fingerprint density at radius 2 is 1.68 bits per heavy atom. The van der Waals surface area contributed by atoms with Crippen LogP contribution in [0.2, 0.25) is 0 Å². The zero-order chi connectivity index (χ0) is 18.4. The largest absolute Gasteiger partial charge is 0.384 e. The highest BCUT2D eigenvalue weighted by Crippen LogP contribution is 2.14. The summed E-state index contributed by atoms with van der Waals surface area (Å²) in [6, 6.07) is 16.5. The molecule has 2 rings (SSSR count). The van der Waals surface area contributed by atoms with E-state index < -0.39 is 9.84 Å². The zero-order valence-corrected chi connectivity index (χ0v) is 15.5. The summed E-state index contributed by atoms with van der Waals surface area (Å²) in [5.41, 5.74) is 7.09. The molecule has 2 aromatic rings. The maximum absolute atomic E-state index is 12.6. The average Bonchev–Trinajstić information content (AvgIpc) is 2.59. The topological polar surface area (TPSA) is 87.2 Å². The molecule has 0 atom stereocenters. The molecule has 0 aliphatic carbocycles. The van der Waals surface area contributed by atoms with Crippen molar-refractivity contribution in [3.8, 4) is 0 Å². The summed E-state index contributed by atoms with van der Waals surface area (Å²) < 4.78 is 25.2. The maximum atomic E-state index is 12.6. The summed E-state index contributed by atoms with van der Waals surface area (Å²) in [5.74, 6) is -0.0185. The SMILES string of the molecule is CC(C)N(CCS(=O)(=O)c1ccc(C(=N)N)cc1)Cc1ccccc1. The quantitative estimate of drug-likeness (QED) is 0.560. The Kier molecular flexibility index (Phi) is 6.33. The molecule has 0 bridgehead atoms. The van der Waals surface area contributed by atoms with Crippen molar-refractivity contribution in [1.29, 1.82) is 5.41 Å². The van der Waals surface area contributed by atoms with Gasteiger partial charge in [0.1, 0.15) is 5.84 Å². The van der Waals surface area contributed by atoms with Crippen molar-refractivity contribution in [2.24, 2.45) is 5.73 Å². The number of nitrogens with one attached hydrogen (secondary N) is 1. The highest BCUT2D eigenvalue weighted by atomic mass is 32.2. The smallest absolute Gasteiger partial charge is 0.179 e. The molecule has 134 valence electrons. The summed E-state index contributed by atoms with van der Waals surface area (Å²) >= 11 is 0. The predicted octanol–water partition coefficient (Wildman–Crippen LogP) is 2.65. The van der Waals surface area contributed by atoms with Gasteiger partial charge in [-0.15, -0.1) is 0 Å². The fourth-order valence-corrected chi connectivity index (χ4v) is 3.80. The third-order valence-corrected chi connectivity index (χ3v) is 5.84. The Balaban J connectivity index is 2.06. The van der Waals surface area contributed by atoms with Crippen LogP contribution in [-0.2, 0) is 16.4 Å². The van der Waals surface area contributed by atoms with Gasteiger partial charge in [0, 0.05) is 24.7 Å². The van der Waals surface area contributed by atoms with Gasteiger partial charge in [0.2, 0.25) is 0 Å². The van der Waals surface area contributed by atoms with Crippen LogP contribution in [0, 0.1) is 5.41 Å². The first-order valence-corrected chi connectivity index (χ1v) is 9.90. The van der Waals surface area contributed by atoms with Gasteiger partial charge in [0.15, 0.2) is 9.84 Å². The van der Waals surface area contributed by atoms with Crippen LogP contribution in [0.25, 0.3) is 0 Å². The van der Waals surface area contributed by atoms with Gasteiger partial charge in [-0.25, -0.2) is 8.42 Å². The molecule has 0 amide bonds. The molecule has 0 unspecified atom stereocenters. The van der Waals surface area contributed by atoms with Gasteiger partial charge in [-0.2, -0.15) is 0 Å². The third-order valence-electron chi connectivity index (χ3n) is 4.13. The number of benzene rings is 2. The third kappa shape index (κ3) is 5.41. The van der Waals surface area contributed by atoms with E-state index in [1.165, 1.54) is 17.7 Å². The van der Waals surface area contributed by atoms with E-state index in [4.69, 9.17) is 11.1 Å². The van der Waals surface area contributed by atoms with E-state index in [1.54, 1.807) is 12.1 Å². The Bertz CT molecular complexity index is 800. The number of amidine groups is 1. The van der Waals surface area contributed by atoms with Gasteiger partial charge in [-0.1, -0.05) is 42.5 Å². The Hall–Kier alpha value is -2.18. The number of nitrogen functional groups attached to an aromatic ring is 1. The van der Waals surface area contributed by atoms with Crippen molar-refractivity contribution in [3.05, 3.63) is 65.7 Å². The minimum atomic E-state index is -3.38. The van der Waals surface area contributed by atoms with Crippen LogP contribution < -0.4 is 5.73 Å². The van der Waals surface area contributed by atoms with Crippen molar-refractivity contribution < 1.29 is 8.42 Å². The summed E-state index contributed by atoms with van der Waals surface area (Å²) in [6.07, 6.45) is 0. The molecule has 0 radical (unpaired) electrons. The van der Waals surface area contributed by atoms with Gasteiger partial charge in [0.25, 0.3) is 0 Å². The Morgan fingerprint density at radius 3 is 2.20 bits per heavy atom. The molecular weight excluding hydrogens is 334 g/mol. The Labute approximate surface area is 149 Å². The second kappa shape index (κ2) is 8.27. The van der Waals surface area contributed by atoms with Crippen LogP contribution in [0.3, 0.4) is 0 Å². The van der Waals surface area contributed by atoms with Crippen LogP contribution in [0.15, 0.2) is 59.5 Å². The molecule has 0 saturated heterocycles. The van der Waals surface area contributed by atoms with E-state index in [1.807, 2.05) is 30.3 Å². The summed E-state index contributed by atoms with van der Waals surface area (Å²) in [5, 5.41) is 7.37. The van der Waals surface area contributed by atoms with Crippen LogP contribution >= 0.6 is 0 Å². The van der Waals surface area contributed by atoms with Gasteiger partial charge in [-0.05, 0) is 31.5 Å². The lowest BCUT2D eigenvalue weighted by Gasteiger charge is -2.26. The molecule has 0 aliphatic heterocycles. The lowest BCUT2D eigenvalue weighted by atomic mass is 10.2. The Morgan fingerprint density at radius 1 is 1.08 bits per heavy atom. The molecule has 0 aliphatic rings. The van der Waals surface area contributed by atoms with Gasteiger partial charge < -0.3 is 5.73 Å². The highest BCUT2D eigenvalue weighted by Gasteiger charge is 2.18. The number of sulfone groups is 1. The highest BCUT2D eigenvalue weighted by molar-refractivity contribution is 7.91. The zero-order valence-electron chi connectivity index (χ0n) is 14.6. The minimum absolute atomic E-state index is 0.0530. The number of nitrogens with zero attached hydrogens (tertiary/aromatic N) is 1. The van der Waals surface area contributed by atoms with E-state index in [9.17, 15) is 8.42 Å². The van der Waals surface area contributed by atoms with E-state index >= 15 is 0 Å². The standard InChI is InChI=1S/C19H25N3O2S/c1-15(2)22(14-16-6-4-3-5-7-16)12-13-25(23,24)18-10-8-17(9-11-18)19(20)21/h3-11,15H,12-14H2,1-2H3,(H3,20,21). The lowest BCUT2D eigenvalue weighted by Crippen LogP contribution is -2.34. The number of hydrogen-bond donors (Lipinski definition) is 2. The van der Waals surface area contributed by atoms with Crippen molar-refractivity contribution in [2.45, 2.75) is 31.3 Å². The fourth-order valence-electron chi connectivity index (χ4n) is 2.53. The van der Waals surface area contributed by atoms with Crippen molar-refractivity contribution in [3.63, 3.8) is 0 Å². The normalized spacial score (nSPS) is 11.8. The van der Waals surface area contributed by atoms with Gasteiger partial charge >= 0.3 is 0 Å². The van der Waals surface area contributed by atoms with E-state index in [-0.39, 0.29) is 22.5 Å². The van der Waals surface area contributed by atoms with Crippen LogP contribution in [0.1, 0.15) is 25.0 Å². The van der Waals surface area contributed by atoms with E-state index in [2.05, 4.69) is 18.7 Å². The number of hydrogen-bond acceptors (Lipinski definition) is 4. The molecule has 3 N–H and O–H groups in total. The van der Waals surface area contributed by atoms with Gasteiger partial charge in [-0.3, -0.25) is 10.3 Å². The number of rotatable bonds is 8. The molecule has 25 heavy (non-hydrogen) atoms. The summed E-state index contributed by atoms with van der Waals surface area (Å²) in [4.78, 5) is 2.41. The van der Waals surface area contributed by atoms with Crippen molar-refractivity contribution in [1.82, 2.24) is 4.90 Å². The first-order valence-electron chi connectivity index (χ1n) is 8.25. The van der Waals surface area contributed by atoms with E-state index in [0.717, 1.165) is 6.54 Å². The molecule has 5 nitrogen and oxygen atoms in total. The summed E-state index contributed by atoms with van der Waals surface area (Å²) in [7, 11) is -3.38. The van der Waals surface area contributed by atoms with Gasteiger partial charge in [0.05, 0.1) is 10.6 Å².